The third-order valence-electron chi connectivity index (χ3n) is 6.17. The number of rotatable bonds is 0. The molecule has 0 spiro atoms. The molecule has 1 heterocycles. The summed E-state index contributed by atoms with van der Waals surface area (Å²) in [6.45, 7) is 0. The van der Waals surface area contributed by atoms with Gasteiger partial charge in [0.2, 0.25) is 0 Å². The Labute approximate surface area is 168 Å². The molecule has 6 aromatic rings. The molecular formula is C27H16S. The molecular weight excluding hydrogens is 356 g/mol. The molecule has 0 unspecified atom stereocenters. The zero-order valence-electron chi connectivity index (χ0n) is 16.1. The van der Waals surface area contributed by atoms with Crippen LogP contribution in [0.4, 0.5) is 0 Å². The molecule has 130 valence electrons. The van der Waals surface area contributed by atoms with Crippen LogP contribution >= 0.6 is 11.3 Å². The molecule has 0 aliphatic heterocycles. The summed E-state index contributed by atoms with van der Waals surface area (Å²) in [4.78, 5) is 0. The first-order valence-electron chi connectivity index (χ1n) is 10.2. The number of hydrogen-bond acceptors (Lipinski definition) is 1. The van der Waals surface area contributed by atoms with E-state index in [2.05, 4.69) is 72.8 Å². The van der Waals surface area contributed by atoms with Gasteiger partial charge >= 0.3 is 0 Å². The van der Waals surface area contributed by atoms with Crippen molar-refractivity contribution in [3.05, 3.63) is 96.0 Å². The van der Waals surface area contributed by atoms with E-state index in [-0.39, 0.29) is 0 Å². The lowest BCUT2D eigenvalue weighted by atomic mass is 9.92. The van der Waals surface area contributed by atoms with E-state index in [0.29, 0.717) is 6.04 Å². The van der Waals surface area contributed by atoms with Gasteiger partial charge in [0, 0.05) is 26.6 Å². The SMILES string of the molecule is [2H]c1cc2ccccc2c2c1Cc1c-2c2ccccc2c2c1sc1ccccc12. The molecule has 5 aromatic carbocycles. The quantitative estimate of drug-likeness (QED) is 0.253. The normalized spacial score (nSPS) is 13.4. The van der Waals surface area contributed by atoms with Crippen molar-refractivity contribution in [1.82, 2.24) is 0 Å². The van der Waals surface area contributed by atoms with E-state index >= 15 is 0 Å². The Hall–Kier alpha value is -3.16. The zero-order valence-corrected chi connectivity index (χ0v) is 15.9. The van der Waals surface area contributed by atoms with Gasteiger partial charge in [-0.05, 0) is 49.9 Å². The lowest BCUT2D eigenvalue weighted by molar-refractivity contribution is 1.30. The van der Waals surface area contributed by atoms with Gasteiger partial charge in [-0.15, -0.1) is 11.3 Å². The highest BCUT2D eigenvalue weighted by Crippen LogP contribution is 2.51. The first kappa shape index (κ1) is 13.9. The van der Waals surface area contributed by atoms with E-state index in [1.54, 1.807) is 0 Å². The summed E-state index contributed by atoms with van der Waals surface area (Å²) >= 11 is 1.90. The van der Waals surface area contributed by atoms with Crippen molar-refractivity contribution in [2.75, 3.05) is 0 Å². The third-order valence-corrected chi connectivity index (χ3v) is 7.41. The summed E-state index contributed by atoms with van der Waals surface area (Å²) in [6, 6.07) is 28.8. The van der Waals surface area contributed by atoms with Crippen LogP contribution in [0.3, 0.4) is 0 Å². The number of benzene rings is 5. The second kappa shape index (κ2) is 5.21. The van der Waals surface area contributed by atoms with Gasteiger partial charge in [-0.25, -0.2) is 0 Å². The number of fused-ring (bicyclic) bond motifs is 12. The van der Waals surface area contributed by atoms with Crippen molar-refractivity contribution in [2.45, 2.75) is 6.42 Å². The van der Waals surface area contributed by atoms with Crippen molar-refractivity contribution < 1.29 is 1.37 Å². The summed E-state index contributed by atoms with van der Waals surface area (Å²) in [5.74, 6) is 0. The van der Waals surface area contributed by atoms with Crippen molar-refractivity contribution >= 4 is 53.1 Å². The fourth-order valence-electron chi connectivity index (χ4n) is 5.03. The molecule has 0 bridgehead atoms. The predicted molar refractivity (Wildman–Crippen MR) is 123 cm³/mol. The van der Waals surface area contributed by atoms with Gasteiger partial charge < -0.3 is 0 Å². The molecule has 0 N–H and O–H groups in total. The van der Waals surface area contributed by atoms with Gasteiger partial charge in [0.05, 0.1) is 1.37 Å². The first-order valence-corrected chi connectivity index (χ1v) is 10.5. The summed E-state index contributed by atoms with van der Waals surface area (Å²) in [5.41, 5.74) is 5.20. The largest absolute Gasteiger partial charge is 0.135 e. The lowest BCUT2D eigenvalue weighted by Crippen LogP contribution is -1.85. The molecule has 0 fully saturated rings. The maximum Gasteiger partial charge on any atom is 0.0626 e. The van der Waals surface area contributed by atoms with Crippen LogP contribution in [0, 0.1) is 0 Å². The van der Waals surface area contributed by atoms with Crippen LogP contribution in [-0.4, -0.2) is 0 Å². The van der Waals surface area contributed by atoms with Crippen molar-refractivity contribution in [2.24, 2.45) is 0 Å². The molecule has 0 amide bonds. The molecule has 7 rings (SSSR count). The zero-order chi connectivity index (χ0) is 19.1. The predicted octanol–water partition coefficient (Wildman–Crippen LogP) is 7.93. The molecule has 0 saturated heterocycles. The lowest BCUT2D eigenvalue weighted by Gasteiger charge is -2.11. The Morgan fingerprint density at radius 1 is 0.679 bits per heavy atom. The fourth-order valence-corrected chi connectivity index (χ4v) is 6.29. The van der Waals surface area contributed by atoms with E-state index in [0.717, 1.165) is 11.8 Å². The van der Waals surface area contributed by atoms with Crippen LogP contribution in [0.5, 0.6) is 0 Å². The summed E-state index contributed by atoms with van der Waals surface area (Å²) in [5, 5.41) is 7.79. The van der Waals surface area contributed by atoms with Gasteiger partial charge in [-0.1, -0.05) is 78.8 Å². The third kappa shape index (κ3) is 1.75. The minimum atomic E-state index is 0.660. The highest BCUT2D eigenvalue weighted by Gasteiger charge is 2.27. The van der Waals surface area contributed by atoms with E-state index < -0.39 is 0 Å². The Balaban J connectivity index is 1.78. The second-order valence-electron chi connectivity index (χ2n) is 7.61. The van der Waals surface area contributed by atoms with Gasteiger partial charge in [-0.3, -0.25) is 0 Å². The molecule has 0 saturated carbocycles. The maximum absolute atomic E-state index is 8.74. The Kier molecular flexibility index (Phi) is 2.59. The van der Waals surface area contributed by atoms with Crippen molar-refractivity contribution in [3.8, 4) is 11.1 Å². The first-order chi connectivity index (χ1) is 14.3. The molecule has 0 nitrogen and oxygen atoms in total. The van der Waals surface area contributed by atoms with Gasteiger partial charge in [0.1, 0.15) is 0 Å². The van der Waals surface area contributed by atoms with E-state index in [1.165, 1.54) is 58.6 Å². The maximum atomic E-state index is 8.74. The average Bonchev–Trinajstić information content (AvgIpc) is 3.34. The van der Waals surface area contributed by atoms with E-state index in [9.17, 15) is 0 Å². The molecule has 1 aliphatic carbocycles. The van der Waals surface area contributed by atoms with Crippen LogP contribution in [0.15, 0.2) is 84.9 Å². The van der Waals surface area contributed by atoms with Crippen LogP contribution in [0.2, 0.25) is 0 Å². The summed E-state index contributed by atoms with van der Waals surface area (Å²) < 4.78 is 11.5. The van der Waals surface area contributed by atoms with Crippen molar-refractivity contribution in [3.63, 3.8) is 0 Å². The van der Waals surface area contributed by atoms with Crippen LogP contribution in [-0.2, 0) is 6.42 Å². The highest BCUT2D eigenvalue weighted by molar-refractivity contribution is 7.26. The number of hydrogen-bond donors (Lipinski definition) is 0. The van der Waals surface area contributed by atoms with Crippen LogP contribution in [0.1, 0.15) is 12.5 Å². The van der Waals surface area contributed by atoms with E-state index in [1.807, 2.05) is 17.4 Å². The Morgan fingerprint density at radius 3 is 2.29 bits per heavy atom. The molecule has 0 atom stereocenters. The standard InChI is InChI=1S/C27H16S/c1-2-8-18-16(7-1)13-14-17-15-22-25(24(17)18)19-9-3-4-10-20(19)26-21-11-5-6-12-23(21)28-27(22)26/h1-14H,15H2/i14D. The van der Waals surface area contributed by atoms with Crippen LogP contribution in [0.25, 0.3) is 52.8 Å². The summed E-state index contributed by atoms with van der Waals surface area (Å²) in [7, 11) is 0. The second-order valence-corrected chi connectivity index (χ2v) is 8.66. The monoisotopic (exact) mass is 373 g/mol. The van der Waals surface area contributed by atoms with Gasteiger partial charge in [-0.2, -0.15) is 0 Å². The minimum Gasteiger partial charge on any atom is -0.135 e. The summed E-state index contributed by atoms with van der Waals surface area (Å²) in [6.07, 6.45) is 0.850. The minimum absolute atomic E-state index is 0.660. The molecule has 1 aromatic heterocycles. The topological polar surface area (TPSA) is 0 Å². The smallest absolute Gasteiger partial charge is 0.0626 e. The molecule has 1 aliphatic rings. The highest BCUT2D eigenvalue weighted by atomic mass is 32.1. The van der Waals surface area contributed by atoms with Crippen LogP contribution < -0.4 is 0 Å². The molecule has 0 radical (unpaired) electrons. The molecule has 1 heteroatoms. The molecule has 28 heavy (non-hydrogen) atoms. The van der Waals surface area contributed by atoms with Crippen molar-refractivity contribution in [1.29, 1.82) is 0 Å². The fraction of sp³-hybridized carbons (Fsp3) is 0.0370. The van der Waals surface area contributed by atoms with E-state index in [4.69, 9.17) is 1.37 Å². The Bertz CT molecular complexity index is 1640. The Morgan fingerprint density at radius 2 is 1.39 bits per heavy atom. The van der Waals surface area contributed by atoms with Gasteiger partial charge in [0.15, 0.2) is 0 Å². The average molecular weight is 373 g/mol. The number of thiophene rings is 1. The van der Waals surface area contributed by atoms with Gasteiger partial charge in [0.25, 0.3) is 0 Å².